The first kappa shape index (κ1) is 16.8. The zero-order chi connectivity index (χ0) is 17.9. The van der Waals surface area contributed by atoms with Gasteiger partial charge in [-0.05, 0) is 12.5 Å². The van der Waals surface area contributed by atoms with E-state index in [-0.39, 0.29) is 6.03 Å². The molecule has 0 saturated carbocycles. The summed E-state index contributed by atoms with van der Waals surface area (Å²) in [7, 11) is 0. The van der Waals surface area contributed by atoms with Crippen LogP contribution in [0.4, 0.5) is 4.79 Å². The van der Waals surface area contributed by atoms with E-state index in [0.717, 1.165) is 28.2 Å². The fourth-order valence-electron chi connectivity index (χ4n) is 3.07. The molecule has 2 amide bonds. The minimum atomic E-state index is -0.00945. The van der Waals surface area contributed by atoms with Gasteiger partial charge in [-0.2, -0.15) is 0 Å². The number of rotatable bonds is 3. The number of carbonyl (C=O) groups is 1. The molecule has 2 aromatic carbocycles. The van der Waals surface area contributed by atoms with Crippen molar-refractivity contribution in [3.05, 3.63) is 76.3 Å². The van der Waals surface area contributed by atoms with E-state index in [9.17, 15) is 4.79 Å². The van der Waals surface area contributed by atoms with Gasteiger partial charge in [-0.25, -0.2) is 9.78 Å². The Hall–Kier alpha value is -2.66. The molecule has 0 fully saturated rings. The Kier molecular flexibility index (Phi) is 4.71. The van der Waals surface area contributed by atoms with Gasteiger partial charge in [-0.3, -0.25) is 0 Å². The largest absolute Gasteiger partial charge is 0.334 e. The third-order valence-corrected chi connectivity index (χ3v) is 5.73. The highest BCUT2D eigenvalue weighted by Gasteiger charge is 2.24. The number of amides is 2. The number of carbonyl (C=O) groups excluding carboxylic acids is 1. The second kappa shape index (κ2) is 7.30. The Labute approximate surface area is 157 Å². The number of hydrogen-bond acceptors (Lipinski definition) is 3. The highest BCUT2D eigenvalue weighted by atomic mass is 32.1. The number of nitrogens with zero attached hydrogens (tertiary/aromatic N) is 2. The highest BCUT2D eigenvalue weighted by Crippen LogP contribution is 2.31. The third-order valence-electron chi connectivity index (χ3n) is 4.60. The van der Waals surface area contributed by atoms with Crippen molar-refractivity contribution < 1.29 is 4.79 Å². The van der Waals surface area contributed by atoms with Crippen molar-refractivity contribution in [3.8, 4) is 10.6 Å². The molecule has 4 rings (SSSR count). The van der Waals surface area contributed by atoms with Crippen LogP contribution in [-0.2, 0) is 19.5 Å². The number of fused-ring (bicyclic) bond motifs is 1. The van der Waals surface area contributed by atoms with Crippen molar-refractivity contribution in [1.82, 2.24) is 15.2 Å². The lowest BCUT2D eigenvalue weighted by atomic mass is 10.1. The Morgan fingerprint density at radius 2 is 1.92 bits per heavy atom. The first-order valence-corrected chi connectivity index (χ1v) is 9.63. The van der Waals surface area contributed by atoms with Crippen molar-refractivity contribution in [3.63, 3.8) is 0 Å². The van der Waals surface area contributed by atoms with E-state index in [1.54, 1.807) is 11.3 Å². The molecule has 0 atom stereocenters. The van der Waals surface area contributed by atoms with Crippen molar-refractivity contribution in [2.24, 2.45) is 0 Å². The number of thiazole rings is 1. The molecule has 0 unspecified atom stereocenters. The Balaban J connectivity index is 1.42. The maximum Gasteiger partial charge on any atom is 0.318 e. The molecule has 0 spiro atoms. The summed E-state index contributed by atoms with van der Waals surface area (Å²) >= 11 is 1.70. The van der Waals surface area contributed by atoms with Gasteiger partial charge in [0.2, 0.25) is 0 Å². The van der Waals surface area contributed by atoms with E-state index in [2.05, 4.69) is 36.5 Å². The summed E-state index contributed by atoms with van der Waals surface area (Å²) in [4.78, 5) is 20.4. The monoisotopic (exact) mass is 363 g/mol. The van der Waals surface area contributed by atoms with Gasteiger partial charge in [-0.1, -0.05) is 60.2 Å². The summed E-state index contributed by atoms with van der Waals surface area (Å²) in [6.07, 6.45) is 0.816. The summed E-state index contributed by atoms with van der Waals surface area (Å²) in [5, 5.41) is 4.06. The van der Waals surface area contributed by atoms with Gasteiger partial charge in [0.25, 0.3) is 0 Å². The third kappa shape index (κ3) is 3.63. The van der Waals surface area contributed by atoms with Crippen LogP contribution in [-0.4, -0.2) is 22.5 Å². The van der Waals surface area contributed by atoms with E-state index in [1.807, 2.05) is 35.2 Å². The number of urea groups is 1. The van der Waals surface area contributed by atoms with Gasteiger partial charge in [0, 0.05) is 30.0 Å². The lowest BCUT2D eigenvalue weighted by Gasteiger charge is -2.26. The number of nitrogens with one attached hydrogen (secondary N) is 1. The molecular formula is C21H21N3OS. The van der Waals surface area contributed by atoms with E-state index in [0.29, 0.717) is 19.6 Å². The molecule has 132 valence electrons. The molecule has 1 aromatic heterocycles. The van der Waals surface area contributed by atoms with Crippen LogP contribution in [0, 0.1) is 6.92 Å². The molecule has 1 aliphatic rings. The maximum absolute atomic E-state index is 12.5. The lowest BCUT2D eigenvalue weighted by molar-refractivity contribution is 0.192. The average Bonchev–Trinajstić information content (AvgIpc) is 3.10. The summed E-state index contributed by atoms with van der Waals surface area (Å²) in [6.45, 7) is 3.99. The van der Waals surface area contributed by atoms with Gasteiger partial charge in [0.05, 0.1) is 12.2 Å². The predicted molar refractivity (Wildman–Crippen MR) is 105 cm³/mol. The van der Waals surface area contributed by atoms with Crippen LogP contribution in [0.15, 0.2) is 54.6 Å². The van der Waals surface area contributed by atoms with Crippen LogP contribution < -0.4 is 5.32 Å². The zero-order valence-corrected chi connectivity index (χ0v) is 15.6. The molecule has 2 heterocycles. The van der Waals surface area contributed by atoms with E-state index >= 15 is 0 Å². The SMILES string of the molecule is Cc1ccc(-c2nc3c(s2)CN(C(=O)NCc2ccccc2)CC3)cc1. The van der Waals surface area contributed by atoms with Crippen LogP contribution >= 0.6 is 11.3 Å². The standard InChI is InChI=1S/C21H21N3OS/c1-15-7-9-17(10-8-15)20-23-18-11-12-24(14-19(18)26-20)21(25)22-13-16-5-3-2-4-6-16/h2-10H,11-14H2,1H3,(H,22,25). The molecule has 0 radical (unpaired) electrons. The first-order valence-electron chi connectivity index (χ1n) is 8.81. The van der Waals surface area contributed by atoms with Gasteiger partial charge < -0.3 is 10.2 Å². The molecule has 5 heteroatoms. The van der Waals surface area contributed by atoms with E-state index < -0.39 is 0 Å². The average molecular weight is 363 g/mol. The molecule has 1 aliphatic heterocycles. The fourth-order valence-corrected chi connectivity index (χ4v) is 4.20. The lowest BCUT2D eigenvalue weighted by Crippen LogP contribution is -2.42. The van der Waals surface area contributed by atoms with Crippen LogP contribution in [0.2, 0.25) is 0 Å². The number of aryl methyl sites for hydroxylation is 1. The molecule has 26 heavy (non-hydrogen) atoms. The summed E-state index contributed by atoms with van der Waals surface area (Å²) in [5.74, 6) is 0. The Bertz CT molecular complexity index is 903. The highest BCUT2D eigenvalue weighted by molar-refractivity contribution is 7.15. The van der Waals surface area contributed by atoms with Crippen LogP contribution in [0.1, 0.15) is 21.7 Å². The second-order valence-corrected chi connectivity index (χ2v) is 7.65. The van der Waals surface area contributed by atoms with Crippen LogP contribution in [0.5, 0.6) is 0 Å². The quantitative estimate of drug-likeness (QED) is 0.750. The topological polar surface area (TPSA) is 45.2 Å². The van der Waals surface area contributed by atoms with E-state index in [4.69, 9.17) is 4.98 Å². The molecule has 1 N–H and O–H groups in total. The summed E-state index contributed by atoms with van der Waals surface area (Å²) in [5.41, 5.74) is 4.64. The molecule has 4 nitrogen and oxygen atoms in total. The first-order chi connectivity index (χ1) is 12.7. The van der Waals surface area contributed by atoms with Crippen molar-refractivity contribution in [2.75, 3.05) is 6.54 Å². The van der Waals surface area contributed by atoms with Gasteiger partial charge in [0.15, 0.2) is 0 Å². The molecule has 0 saturated heterocycles. The number of aromatic nitrogens is 1. The van der Waals surface area contributed by atoms with Crippen molar-refractivity contribution in [2.45, 2.75) is 26.4 Å². The van der Waals surface area contributed by atoms with Crippen LogP contribution in [0.3, 0.4) is 0 Å². The van der Waals surface area contributed by atoms with Gasteiger partial charge in [0.1, 0.15) is 5.01 Å². The fraction of sp³-hybridized carbons (Fsp3) is 0.238. The maximum atomic E-state index is 12.5. The zero-order valence-electron chi connectivity index (χ0n) is 14.7. The summed E-state index contributed by atoms with van der Waals surface area (Å²) < 4.78 is 0. The molecule has 0 aliphatic carbocycles. The molecule has 0 bridgehead atoms. The minimum Gasteiger partial charge on any atom is -0.334 e. The number of benzene rings is 2. The van der Waals surface area contributed by atoms with Crippen molar-refractivity contribution >= 4 is 17.4 Å². The van der Waals surface area contributed by atoms with Crippen molar-refractivity contribution in [1.29, 1.82) is 0 Å². The predicted octanol–water partition coefficient (Wildman–Crippen LogP) is 4.39. The van der Waals surface area contributed by atoms with Gasteiger partial charge in [-0.15, -0.1) is 11.3 Å². The summed E-state index contributed by atoms with van der Waals surface area (Å²) in [6, 6.07) is 18.4. The Morgan fingerprint density at radius 3 is 2.69 bits per heavy atom. The molecular weight excluding hydrogens is 342 g/mol. The normalized spacial score (nSPS) is 13.3. The Morgan fingerprint density at radius 1 is 1.15 bits per heavy atom. The number of hydrogen-bond donors (Lipinski definition) is 1. The van der Waals surface area contributed by atoms with E-state index in [1.165, 1.54) is 10.4 Å². The smallest absolute Gasteiger partial charge is 0.318 e. The molecule has 3 aromatic rings. The second-order valence-electron chi connectivity index (χ2n) is 6.57. The van der Waals surface area contributed by atoms with Crippen LogP contribution in [0.25, 0.3) is 10.6 Å². The minimum absolute atomic E-state index is 0.00945. The van der Waals surface area contributed by atoms with Gasteiger partial charge >= 0.3 is 6.03 Å².